The molecule has 1 aliphatic heterocycles. The van der Waals surface area contributed by atoms with Crippen LogP contribution in [-0.4, -0.2) is 56.0 Å². The van der Waals surface area contributed by atoms with E-state index in [4.69, 9.17) is 0 Å². The number of hydrogen-bond donors (Lipinski definition) is 2. The molecule has 160 valence electrons. The summed E-state index contributed by atoms with van der Waals surface area (Å²) < 4.78 is 1.77. The number of piperidine rings is 1. The molecule has 2 N–H and O–H groups in total. The maximum absolute atomic E-state index is 13.0. The number of aromatic nitrogens is 4. The third-order valence-electron chi connectivity index (χ3n) is 5.84. The van der Waals surface area contributed by atoms with E-state index in [9.17, 15) is 4.79 Å². The number of fused-ring (bicyclic) bond motifs is 1. The molecule has 1 saturated heterocycles. The molecular weight excluding hydrogens is 376 g/mol. The molecule has 1 amide bonds. The van der Waals surface area contributed by atoms with Crippen molar-refractivity contribution in [2.24, 2.45) is 12.5 Å². The fraction of sp³-hybridized carbons (Fsp3) is 0.522. The number of benzene rings is 1. The number of hydrogen-bond acceptors (Lipinski definition) is 4. The molecule has 2 aromatic heterocycles. The number of H-pyrrole nitrogens is 1. The Morgan fingerprint density at radius 1 is 1.30 bits per heavy atom. The number of carbonyl (C=O) groups is 1. The third-order valence-corrected chi connectivity index (χ3v) is 5.84. The van der Waals surface area contributed by atoms with Crippen molar-refractivity contribution in [3.05, 3.63) is 36.3 Å². The Balaban J connectivity index is 1.47. The molecule has 30 heavy (non-hydrogen) atoms. The summed E-state index contributed by atoms with van der Waals surface area (Å²) in [5.74, 6) is -0.106. The highest BCUT2D eigenvalue weighted by Crippen LogP contribution is 2.26. The van der Waals surface area contributed by atoms with Gasteiger partial charge in [-0.1, -0.05) is 26.8 Å². The maximum Gasteiger partial charge on any atom is 0.272 e. The van der Waals surface area contributed by atoms with E-state index in [2.05, 4.69) is 53.2 Å². The summed E-state index contributed by atoms with van der Waals surface area (Å²) in [6.45, 7) is 11.2. The lowest BCUT2D eigenvalue weighted by Crippen LogP contribution is -2.50. The third kappa shape index (κ3) is 4.41. The van der Waals surface area contributed by atoms with Crippen LogP contribution in [0.3, 0.4) is 0 Å². The quantitative estimate of drug-likeness (QED) is 0.691. The standard InChI is InChI=1S/C23H32N6O/c1-15-10-18(8-9-29(15)14-23(2,3)4)25-22(30)21-19-11-16(6-7-20(19)26-27-21)17-12-24-28(5)13-17/h6-7,11-13,15,18H,8-10,14H2,1-5H3,(H,25,30)(H,26,27)/t15-,18?/m0/s1. The summed E-state index contributed by atoms with van der Waals surface area (Å²) in [4.78, 5) is 15.6. The summed E-state index contributed by atoms with van der Waals surface area (Å²) >= 11 is 0. The second kappa shape index (κ2) is 7.87. The Kier molecular flexibility index (Phi) is 5.40. The van der Waals surface area contributed by atoms with Crippen LogP contribution in [-0.2, 0) is 7.05 Å². The molecule has 0 spiro atoms. The number of aromatic amines is 1. The molecule has 3 heterocycles. The molecule has 1 aromatic carbocycles. The predicted octanol–water partition coefficient (Wildman–Crippen LogP) is 3.59. The molecule has 0 saturated carbocycles. The van der Waals surface area contributed by atoms with Crippen LogP contribution in [0.4, 0.5) is 0 Å². The molecular formula is C23H32N6O. The summed E-state index contributed by atoms with van der Waals surface area (Å²) in [5, 5.41) is 15.6. The Morgan fingerprint density at radius 3 is 2.77 bits per heavy atom. The number of amides is 1. The fourth-order valence-electron chi connectivity index (χ4n) is 4.39. The number of aryl methyl sites for hydroxylation is 1. The molecule has 4 rings (SSSR count). The molecule has 0 radical (unpaired) electrons. The van der Waals surface area contributed by atoms with Crippen LogP contribution >= 0.6 is 0 Å². The van der Waals surface area contributed by atoms with E-state index in [-0.39, 0.29) is 17.4 Å². The van der Waals surface area contributed by atoms with Crippen molar-refractivity contribution in [1.29, 1.82) is 0 Å². The zero-order valence-corrected chi connectivity index (χ0v) is 18.6. The van der Waals surface area contributed by atoms with Gasteiger partial charge < -0.3 is 5.32 Å². The summed E-state index contributed by atoms with van der Waals surface area (Å²) in [6, 6.07) is 6.63. The molecule has 0 aliphatic carbocycles. The lowest BCUT2D eigenvalue weighted by atomic mass is 9.91. The van der Waals surface area contributed by atoms with Gasteiger partial charge in [0.15, 0.2) is 5.69 Å². The number of carbonyl (C=O) groups excluding carboxylic acids is 1. The molecule has 7 heteroatoms. The number of rotatable bonds is 4. The van der Waals surface area contributed by atoms with Gasteiger partial charge in [-0.25, -0.2) is 0 Å². The molecule has 1 fully saturated rings. The minimum Gasteiger partial charge on any atom is -0.348 e. The van der Waals surface area contributed by atoms with E-state index in [1.54, 1.807) is 4.68 Å². The van der Waals surface area contributed by atoms with Crippen molar-refractivity contribution in [2.45, 2.75) is 52.6 Å². The summed E-state index contributed by atoms with van der Waals surface area (Å²) in [5.41, 5.74) is 3.65. The minimum absolute atomic E-state index is 0.106. The van der Waals surface area contributed by atoms with Crippen LogP contribution in [0.15, 0.2) is 30.6 Å². The first-order valence-corrected chi connectivity index (χ1v) is 10.7. The van der Waals surface area contributed by atoms with Gasteiger partial charge >= 0.3 is 0 Å². The van der Waals surface area contributed by atoms with Crippen LogP contribution in [0.1, 0.15) is 51.0 Å². The highest BCUT2D eigenvalue weighted by atomic mass is 16.2. The Labute approximate surface area is 177 Å². The molecule has 7 nitrogen and oxygen atoms in total. The molecule has 1 aliphatic rings. The lowest BCUT2D eigenvalue weighted by Gasteiger charge is -2.41. The van der Waals surface area contributed by atoms with Crippen molar-refractivity contribution in [3.63, 3.8) is 0 Å². The van der Waals surface area contributed by atoms with Crippen LogP contribution in [0, 0.1) is 5.41 Å². The van der Waals surface area contributed by atoms with Gasteiger partial charge in [0.25, 0.3) is 5.91 Å². The molecule has 0 bridgehead atoms. The highest BCUT2D eigenvalue weighted by Gasteiger charge is 2.29. The summed E-state index contributed by atoms with van der Waals surface area (Å²) in [6.07, 6.45) is 5.72. The van der Waals surface area contributed by atoms with E-state index >= 15 is 0 Å². The van der Waals surface area contributed by atoms with Crippen molar-refractivity contribution >= 4 is 16.8 Å². The fourth-order valence-corrected chi connectivity index (χ4v) is 4.39. The van der Waals surface area contributed by atoms with Gasteiger partial charge in [-0.3, -0.25) is 19.5 Å². The van der Waals surface area contributed by atoms with Crippen LogP contribution in [0.5, 0.6) is 0 Å². The van der Waals surface area contributed by atoms with Gasteiger partial charge in [0.2, 0.25) is 0 Å². The molecule has 2 atom stereocenters. The van der Waals surface area contributed by atoms with Gasteiger partial charge in [-0.05, 0) is 42.9 Å². The normalized spacial score (nSPS) is 20.6. The molecule has 3 aromatic rings. The Bertz CT molecular complexity index is 1040. The lowest BCUT2D eigenvalue weighted by molar-refractivity contribution is 0.0797. The van der Waals surface area contributed by atoms with Crippen LogP contribution in [0.25, 0.3) is 22.0 Å². The van der Waals surface area contributed by atoms with Gasteiger partial charge in [0.05, 0.1) is 11.7 Å². The van der Waals surface area contributed by atoms with Gasteiger partial charge in [-0.15, -0.1) is 0 Å². The highest BCUT2D eigenvalue weighted by molar-refractivity contribution is 6.05. The van der Waals surface area contributed by atoms with Crippen LogP contribution < -0.4 is 5.32 Å². The van der Waals surface area contributed by atoms with E-state index < -0.39 is 0 Å². The topological polar surface area (TPSA) is 78.8 Å². The average molecular weight is 409 g/mol. The SMILES string of the molecule is C[C@H]1CC(NC(=O)c2n[nH]c3ccc(-c4cnn(C)c4)cc23)CCN1CC(C)(C)C. The monoisotopic (exact) mass is 408 g/mol. The van der Waals surface area contributed by atoms with E-state index in [1.165, 1.54) is 0 Å². The van der Waals surface area contributed by atoms with Gasteiger partial charge in [-0.2, -0.15) is 10.2 Å². The van der Waals surface area contributed by atoms with E-state index in [0.717, 1.165) is 48.0 Å². The summed E-state index contributed by atoms with van der Waals surface area (Å²) in [7, 11) is 1.90. The van der Waals surface area contributed by atoms with Gasteiger partial charge in [0, 0.05) is 49.4 Å². The van der Waals surface area contributed by atoms with E-state index in [0.29, 0.717) is 11.7 Å². The second-order valence-electron chi connectivity index (χ2n) is 9.81. The van der Waals surface area contributed by atoms with Crippen molar-refractivity contribution in [2.75, 3.05) is 13.1 Å². The smallest absolute Gasteiger partial charge is 0.272 e. The first-order valence-electron chi connectivity index (χ1n) is 10.7. The van der Waals surface area contributed by atoms with Crippen molar-refractivity contribution in [1.82, 2.24) is 30.2 Å². The first-order chi connectivity index (χ1) is 14.2. The van der Waals surface area contributed by atoms with Crippen molar-refractivity contribution < 1.29 is 4.79 Å². The maximum atomic E-state index is 13.0. The number of nitrogens with one attached hydrogen (secondary N) is 2. The Hall–Kier alpha value is -2.67. The predicted molar refractivity (Wildman–Crippen MR) is 119 cm³/mol. The first kappa shape index (κ1) is 20.6. The minimum atomic E-state index is -0.106. The average Bonchev–Trinajstić information content (AvgIpc) is 3.28. The largest absolute Gasteiger partial charge is 0.348 e. The van der Waals surface area contributed by atoms with Crippen LogP contribution in [0.2, 0.25) is 0 Å². The number of nitrogens with zero attached hydrogens (tertiary/aromatic N) is 4. The van der Waals surface area contributed by atoms with Crippen molar-refractivity contribution in [3.8, 4) is 11.1 Å². The second-order valence-corrected chi connectivity index (χ2v) is 9.81. The zero-order chi connectivity index (χ0) is 21.5. The van der Waals surface area contributed by atoms with Gasteiger partial charge in [0.1, 0.15) is 0 Å². The zero-order valence-electron chi connectivity index (χ0n) is 18.6. The molecule has 1 unspecified atom stereocenters. The Morgan fingerprint density at radius 2 is 2.10 bits per heavy atom. The van der Waals surface area contributed by atoms with E-state index in [1.807, 2.05) is 37.6 Å². The number of likely N-dealkylation sites (tertiary alicyclic amines) is 1.